The molecule has 0 aliphatic rings. The maximum absolute atomic E-state index is 6.14. The summed E-state index contributed by atoms with van der Waals surface area (Å²) in [5.74, 6) is 1.50. The van der Waals surface area contributed by atoms with Crippen LogP contribution in [0.15, 0.2) is 40.2 Å². The van der Waals surface area contributed by atoms with Crippen molar-refractivity contribution in [3.05, 3.63) is 45.1 Å². The third kappa shape index (κ3) is 4.46. The first-order chi connectivity index (χ1) is 10.1. The predicted molar refractivity (Wildman–Crippen MR) is 91.3 cm³/mol. The number of hydrogen-bond acceptors (Lipinski definition) is 4. The summed E-state index contributed by atoms with van der Waals surface area (Å²) in [7, 11) is 0. The molecule has 0 bridgehead atoms. The van der Waals surface area contributed by atoms with E-state index in [1.165, 1.54) is 0 Å². The standard InChI is InChI=1S/C16H20BrNO2S/c1-3-8-19-13-6-4-5-7-14(13)20-16(11(2)18)15-9-12(17)10-21-15/h4-7,9-11,16H,3,8,18H2,1-2H3. The van der Waals surface area contributed by atoms with Gasteiger partial charge in [-0.3, -0.25) is 0 Å². The van der Waals surface area contributed by atoms with Gasteiger partial charge in [-0.15, -0.1) is 11.3 Å². The topological polar surface area (TPSA) is 44.5 Å². The molecule has 0 aliphatic heterocycles. The minimum absolute atomic E-state index is 0.116. The Labute approximate surface area is 138 Å². The zero-order valence-electron chi connectivity index (χ0n) is 12.2. The molecule has 2 atom stereocenters. The van der Waals surface area contributed by atoms with Crippen LogP contribution in [0.3, 0.4) is 0 Å². The van der Waals surface area contributed by atoms with Crippen LogP contribution in [0.4, 0.5) is 0 Å². The SMILES string of the molecule is CCCOc1ccccc1OC(c1cc(Br)cs1)C(C)N. The molecule has 0 radical (unpaired) electrons. The molecule has 2 aromatic rings. The Balaban J connectivity index is 2.21. The van der Waals surface area contributed by atoms with Gasteiger partial charge in [-0.05, 0) is 47.5 Å². The van der Waals surface area contributed by atoms with E-state index < -0.39 is 0 Å². The highest BCUT2D eigenvalue weighted by molar-refractivity contribution is 9.10. The van der Waals surface area contributed by atoms with E-state index in [-0.39, 0.29) is 12.1 Å². The van der Waals surface area contributed by atoms with Crippen LogP contribution in [0.5, 0.6) is 11.5 Å². The monoisotopic (exact) mass is 369 g/mol. The third-order valence-electron chi connectivity index (χ3n) is 2.91. The number of rotatable bonds is 7. The van der Waals surface area contributed by atoms with E-state index in [0.29, 0.717) is 6.61 Å². The van der Waals surface area contributed by atoms with Crippen molar-refractivity contribution >= 4 is 27.3 Å². The highest BCUT2D eigenvalue weighted by Gasteiger charge is 2.21. The van der Waals surface area contributed by atoms with Gasteiger partial charge < -0.3 is 15.2 Å². The van der Waals surface area contributed by atoms with E-state index in [2.05, 4.69) is 22.9 Å². The molecule has 0 fully saturated rings. The van der Waals surface area contributed by atoms with Crippen LogP contribution in [-0.2, 0) is 0 Å². The summed E-state index contributed by atoms with van der Waals surface area (Å²) in [5.41, 5.74) is 6.10. The number of halogens is 1. The molecule has 5 heteroatoms. The quantitative estimate of drug-likeness (QED) is 0.764. The first-order valence-electron chi connectivity index (χ1n) is 6.99. The molecule has 114 valence electrons. The molecular weight excluding hydrogens is 350 g/mol. The molecule has 1 aromatic heterocycles. The molecule has 1 heterocycles. The smallest absolute Gasteiger partial charge is 0.162 e. The second-order valence-corrected chi connectivity index (χ2v) is 6.72. The molecule has 1 aromatic carbocycles. The van der Waals surface area contributed by atoms with Crippen LogP contribution in [0.2, 0.25) is 0 Å². The van der Waals surface area contributed by atoms with Crippen molar-refractivity contribution in [3.8, 4) is 11.5 Å². The average Bonchev–Trinajstić information content (AvgIpc) is 2.89. The molecule has 3 nitrogen and oxygen atoms in total. The minimum atomic E-state index is -0.187. The van der Waals surface area contributed by atoms with Gasteiger partial charge in [0.05, 0.1) is 6.61 Å². The van der Waals surface area contributed by atoms with Crippen molar-refractivity contribution in [1.82, 2.24) is 0 Å². The lowest BCUT2D eigenvalue weighted by atomic mass is 10.1. The number of benzene rings is 1. The first kappa shape index (κ1) is 16.3. The summed E-state index contributed by atoms with van der Waals surface area (Å²) >= 11 is 5.11. The van der Waals surface area contributed by atoms with Crippen LogP contribution < -0.4 is 15.2 Å². The van der Waals surface area contributed by atoms with E-state index in [1.54, 1.807) is 11.3 Å². The molecule has 0 spiro atoms. The van der Waals surface area contributed by atoms with Crippen molar-refractivity contribution in [2.24, 2.45) is 5.73 Å². The minimum Gasteiger partial charge on any atom is -0.490 e. The summed E-state index contributed by atoms with van der Waals surface area (Å²) < 4.78 is 12.9. The number of para-hydroxylation sites is 2. The number of hydrogen-bond donors (Lipinski definition) is 1. The Morgan fingerprint density at radius 1 is 1.29 bits per heavy atom. The fourth-order valence-electron chi connectivity index (χ4n) is 1.92. The van der Waals surface area contributed by atoms with Gasteiger partial charge in [-0.2, -0.15) is 0 Å². The lowest BCUT2D eigenvalue weighted by molar-refractivity contribution is 0.173. The van der Waals surface area contributed by atoms with Gasteiger partial charge in [0.2, 0.25) is 0 Å². The fraction of sp³-hybridized carbons (Fsp3) is 0.375. The van der Waals surface area contributed by atoms with Gasteiger partial charge in [-0.1, -0.05) is 19.1 Å². The summed E-state index contributed by atoms with van der Waals surface area (Å²) in [5, 5.41) is 2.04. The Morgan fingerprint density at radius 2 is 2.00 bits per heavy atom. The Bertz CT molecular complexity index is 571. The van der Waals surface area contributed by atoms with Crippen LogP contribution in [0.25, 0.3) is 0 Å². The predicted octanol–water partition coefficient (Wildman–Crippen LogP) is 4.77. The molecule has 21 heavy (non-hydrogen) atoms. The van der Waals surface area contributed by atoms with Crippen molar-refractivity contribution < 1.29 is 9.47 Å². The molecule has 0 saturated heterocycles. The van der Waals surface area contributed by atoms with E-state index in [4.69, 9.17) is 15.2 Å². The molecule has 0 saturated carbocycles. The van der Waals surface area contributed by atoms with E-state index in [1.807, 2.05) is 42.6 Å². The summed E-state index contributed by atoms with van der Waals surface area (Å²) in [4.78, 5) is 1.10. The van der Waals surface area contributed by atoms with Gasteiger partial charge in [0.25, 0.3) is 0 Å². The fourth-order valence-corrected chi connectivity index (χ4v) is 3.50. The first-order valence-corrected chi connectivity index (χ1v) is 8.67. The van der Waals surface area contributed by atoms with Crippen molar-refractivity contribution in [1.29, 1.82) is 0 Å². The molecule has 0 amide bonds. The zero-order valence-corrected chi connectivity index (χ0v) is 14.6. The van der Waals surface area contributed by atoms with Gasteiger partial charge >= 0.3 is 0 Å². The average molecular weight is 370 g/mol. The Morgan fingerprint density at radius 3 is 2.57 bits per heavy atom. The second-order valence-electron chi connectivity index (χ2n) is 4.86. The largest absolute Gasteiger partial charge is 0.490 e. The second kappa shape index (κ2) is 7.82. The van der Waals surface area contributed by atoms with E-state index in [0.717, 1.165) is 27.3 Å². The molecule has 0 aliphatic carbocycles. The Hall–Kier alpha value is -1.04. The molecule has 2 N–H and O–H groups in total. The van der Waals surface area contributed by atoms with Crippen LogP contribution in [0.1, 0.15) is 31.2 Å². The van der Waals surface area contributed by atoms with E-state index >= 15 is 0 Å². The zero-order chi connectivity index (χ0) is 15.2. The normalized spacial score (nSPS) is 13.7. The van der Waals surface area contributed by atoms with Gasteiger partial charge in [0.1, 0.15) is 6.10 Å². The third-order valence-corrected chi connectivity index (χ3v) is 4.67. The maximum Gasteiger partial charge on any atom is 0.162 e. The Kier molecular flexibility index (Phi) is 6.08. The van der Waals surface area contributed by atoms with Crippen molar-refractivity contribution in [2.45, 2.75) is 32.4 Å². The van der Waals surface area contributed by atoms with Gasteiger partial charge in [0, 0.05) is 20.8 Å². The van der Waals surface area contributed by atoms with Crippen LogP contribution in [-0.4, -0.2) is 12.6 Å². The molecule has 2 unspecified atom stereocenters. The lowest BCUT2D eigenvalue weighted by Crippen LogP contribution is -2.28. The van der Waals surface area contributed by atoms with Crippen molar-refractivity contribution in [2.75, 3.05) is 6.61 Å². The van der Waals surface area contributed by atoms with Crippen LogP contribution >= 0.6 is 27.3 Å². The highest BCUT2D eigenvalue weighted by Crippen LogP contribution is 2.35. The lowest BCUT2D eigenvalue weighted by Gasteiger charge is -2.23. The highest BCUT2D eigenvalue weighted by atomic mass is 79.9. The number of nitrogens with two attached hydrogens (primary N) is 1. The maximum atomic E-state index is 6.14. The summed E-state index contributed by atoms with van der Waals surface area (Å²) in [6.07, 6.45) is 0.774. The van der Waals surface area contributed by atoms with E-state index in [9.17, 15) is 0 Å². The van der Waals surface area contributed by atoms with Gasteiger partial charge in [-0.25, -0.2) is 0 Å². The number of ether oxygens (including phenoxy) is 2. The van der Waals surface area contributed by atoms with Crippen LogP contribution in [0, 0.1) is 0 Å². The van der Waals surface area contributed by atoms with Crippen molar-refractivity contribution in [3.63, 3.8) is 0 Å². The summed E-state index contributed by atoms with van der Waals surface area (Å²) in [6.45, 7) is 4.71. The summed E-state index contributed by atoms with van der Waals surface area (Å²) in [6, 6.07) is 9.66. The number of thiophene rings is 1. The molecular formula is C16H20BrNO2S. The van der Waals surface area contributed by atoms with Gasteiger partial charge in [0.15, 0.2) is 11.5 Å². The molecule has 2 rings (SSSR count).